The Bertz CT molecular complexity index is 432. The molecule has 1 atom stereocenters. The quantitative estimate of drug-likeness (QED) is 0.636. The molecule has 22 heavy (non-hydrogen) atoms. The molecule has 1 unspecified atom stereocenters. The smallest absolute Gasteiger partial charge is 0.306 e. The van der Waals surface area contributed by atoms with Gasteiger partial charge >= 0.3 is 5.97 Å². The van der Waals surface area contributed by atoms with Gasteiger partial charge in [-0.25, -0.2) is 0 Å². The lowest BCUT2D eigenvalue weighted by atomic mass is 9.76. The van der Waals surface area contributed by atoms with Gasteiger partial charge in [-0.3, -0.25) is 4.79 Å². The van der Waals surface area contributed by atoms with Crippen LogP contribution < -0.4 is 0 Å². The van der Waals surface area contributed by atoms with Gasteiger partial charge in [-0.2, -0.15) is 0 Å². The van der Waals surface area contributed by atoms with Crippen molar-refractivity contribution in [3.63, 3.8) is 0 Å². The van der Waals surface area contributed by atoms with Crippen LogP contribution in [0.2, 0.25) is 0 Å². The fourth-order valence-electron chi connectivity index (χ4n) is 3.64. The van der Waals surface area contributed by atoms with E-state index >= 15 is 0 Å². The molecule has 1 saturated carbocycles. The molecule has 1 aromatic carbocycles. The zero-order valence-electron chi connectivity index (χ0n) is 14.1. The molecular formula is C20H30O2. The Morgan fingerprint density at radius 3 is 2.50 bits per heavy atom. The van der Waals surface area contributed by atoms with Crippen molar-refractivity contribution in [1.29, 1.82) is 0 Å². The fraction of sp³-hybridized carbons (Fsp3) is 0.650. The first-order chi connectivity index (χ1) is 10.7. The van der Waals surface area contributed by atoms with Crippen molar-refractivity contribution in [3.05, 3.63) is 35.9 Å². The second-order valence-electron chi connectivity index (χ2n) is 6.82. The van der Waals surface area contributed by atoms with Crippen LogP contribution in [0.15, 0.2) is 30.3 Å². The highest BCUT2D eigenvalue weighted by Crippen LogP contribution is 2.37. The first kappa shape index (κ1) is 17.1. The van der Waals surface area contributed by atoms with Gasteiger partial charge in [0.25, 0.3) is 0 Å². The van der Waals surface area contributed by atoms with E-state index in [9.17, 15) is 4.79 Å². The number of carbonyl (C=O) groups excluding carboxylic acids is 1. The third-order valence-electron chi connectivity index (χ3n) is 5.01. The number of rotatable bonds is 7. The Balaban J connectivity index is 1.66. The van der Waals surface area contributed by atoms with Crippen LogP contribution in [0.1, 0.15) is 70.3 Å². The Morgan fingerprint density at radius 1 is 1.18 bits per heavy atom. The summed E-state index contributed by atoms with van der Waals surface area (Å²) in [6.45, 7) is 4.54. The average molecular weight is 302 g/mol. The molecule has 122 valence electrons. The standard InChI is InChI=1S/C20H30O2/c1-3-22-20(21)15-16(2)9-10-17-11-13-19(14-12-17)18-7-5-4-6-8-18/h4-8,16-17,19H,3,9-15H2,1-2H3. The average Bonchev–Trinajstić information content (AvgIpc) is 2.54. The van der Waals surface area contributed by atoms with E-state index in [1.165, 1.54) is 37.7 Å². The molecule has 0 N–H and O–H groups in total. The predicted octanol–water partition coefficient (Wildman–Crippen LogP) is 5.33. The highest BCUT2D eigenvalue weighted by atomic mass is 16.5. The van der Waals surface area contributed by atoms with Crippen LogP contribution in [-0.4, -0.2) is 12.6 Å². The third kappa shape index (κ3) is 5.47. The van der Waals surface area contributed by atoms with E-state index < -0.39 is 0 Å². The molecule has 1 fully saturated rings. The molecular weight excluding hydrogens is 272 g/mol. The van der Waals surface area contributed by atoms with Crippen LogP contribution >= 0.6 is 0 Å². The molecule has 0 saturated heterocycles. The molecule has 0 heterocycles. The summed E-state index contributed by atoms with van der Waals surface area (Å²) in [4.78, 5) is 11.5. The zero-order chi connectivity index (χ0) is 15.8. The fourth-order valence-corrected chi connectivity index (χ4v) is 3.64. The second-order valence-corrected chi connectivity index (χ2v) is 6.82. The van der Waals surface area contributed by atoms with Crippen LogP contribution in [0.3, 0.4) is 0 Å². The summed E-state index contributed by atoms with van der Waals surface area (Å²) >= 11 is 0. The lowest BCUT2D eigenvalue weighted by Crippen LogP contribution is -2.15. The first-order valence-corrected chi connectivity index (χ1v) is 8.89. The summed E-state index contributed by atoms with van der Waals surface area (Å²) in [6, 6.07) is 10.9. The Labute approximate surface area is 135 Å². The van der Waals surface area contributed by atoms with E-state index in [0.29, 0.717) is 18.9 Å². The van der Waals surface area contributed by atoms with Crippen LogP contribution in [0.4, 0.5) is 0 Å². The van der Waals surface area contributed by atoms with Crippen LogP contribution in [0.25, 0.3) is 0 Å². The highest BCUT2D eigenvalue weighted by molar-refractivity contribution is 5.69. The normalized spacial score (nSPS) is 23.0. The van der Waals surface area contributed by atoms with E-state index in [2.05, 4.69) is 37.3 Å². The van der Waals surface area contributed by atoms with Gasteiger partial charge in [0.1, 0.15) is 0 Å². The van der Waals surface area contributed by atoms with Gasteiger partial charge in [0, 0.05) is 6.42 Å². The van der Waals surface area contributed by atoms with Crippen LogP contribution in [-0.2, 0) is 9.53 Å². The number of esters is 1. The monoisotopic (exact) mass is 302 g/mol. The molecule has 0 bridgehead atoms. The Hall–Kier alpha value is -1.31. The largest absolute Gasteiger partial charge is 0.466 e. The van der Waals surface area contributed by atoms with Crippen molar-refractivity contribution in [2.75, 3.05) is 6.61 Å². The van der Waals surface area contributed by atoms with Gasteiger partial charge in [0.15, 0.2) is 0 Å². The van der Waals surface area contributed by atoms with Gasteiger partial charge in [0.05, 0.1) is 6.61 Å². The van der Waals surface area contributed by atoms with Crippen molar-refractivity contribution in [2.45, 2.75) is 64.7 Å². The Kier molecular flexibility index (Phi) is 6.95. The lowest BCUT2D eigenvalue weighted by molar-refractivity contribution is -0.144. The van der Waals surface area contributed by atoms with Gasteiger partial charge in [-0.1, -0.05) is 43.7 Å². The second kappa shape index (κ2) is 8.97. The molecule has 1 aliphatic rings. The number of hydrogen-bond acceptors (Lipinski definition) is 2. The van der Waals surface area contributed by atoms with E-state index in [4.69, 9.17) is 4.74 Å². The van der Waals surface area contributed by atoms with Gasteiger partial charge < -0.3 is 4.74 Å². The maximum atomic E-state index is 11.5. The third-order valence-corrected chi connectivity index (χ3v) is 5.01. The molecule has 0 spiro atoms. The molecule has 2 rings (SSSR count). The molecule has 0 amide bonds. The summed E-state index contributed by atoms with van der Waals surface area (Å²) in [6.07, 6.45) is 8.31. The molecule has 0 radical (unpaired) electrons. The molecule has 2 nitrogen and oxygen atoms in total. The topological polar surface area (TPSA) is 26.3 Å². The minimum Gasteiger partial charge on any atom is -0.466 e. The van der Waals surface area contributed by atoms with E-state index in [0.717, 1.165) is 18.3 Å². The van der Waals surface area contributed by atoms with Crippen molar-refractivity contribution in [3.8, 4) is 0 Å². The number of benzene rings is 1. The predicted molar refractivity (Wildman–Crippen MR) is 90.8 cm³/mol. The SMILES string of the molecule is CCOC(=O)CC(C)CCC1CCC(c2ccccc2)CC1. The minimum absolute atomic E-state index is 0.0391. The minimum atomic E-state index is -0.0391. The van der Waals surface area contributed by atoms with E-state index in [1.807, 2.05) is 6.92 Å². The zero-order valence-corrected chi connectivity index (χ0v) is 14.1. The number of hydrogen-bond donors (Lipinski definition) is 0. The molecule has 1 aliphatic carbocycles. The van der Waals surface area contributed by atoms with Gasteiger partial charge in [0.2, 0.25) is 0 Å². The van der Waals surface area contributed by atoms with Crippen molar-refractivity contribution in [2.24, 2.45) is 11.8 Å². The molecule has 2 heteroatoms. The summed E-state index contributed by atoms with van der Waals surface area (Å²) in [5.41, 5.74) is 1.51. The number of carbonyl (C=O) groups is 1. The van der Waals surface area contributed by atoms with E-state index in [1.54, 1.807) is 0 Å². The van der Waals surface area contributed by atoms with Gasteiger partial charge in [-0.15, -0.1) is 0 Å². The first-order valence-electron chi connectivity index (χ1n) is 8.89. The Morgan fingerprint density at radius 2 is 1.86 bits per heavy atom. The van der Waals surface area contributed by atoms with E-state index in [-0.39, 0.29) is 5.97 Å². The summed E-state index contributed by atoms with van der Waals surface area (Å²) in [7, 11) is 0. The summed E-state index contributed by atoms with van der Waals surface area (Å²) in [5.74, 6) is 2.02. The van der Waals surface area contributed by atoms with Crippen molar-refractivity contribution < 1.29 is 9.53 Å². The van der Waals surface area contributed by atoms with Crippen molar-refractivity contribution in [1.82, 2.24) is 0 Å². The maximum absolute atomic E-state index is 11.5. The molecule has 1 aromatic rings. The molecule has 0 aliphatic heterocycles. The lowest BCUT2D eigenvalue weighted by Gasteiger charge is -2.29. The van der Waals surface area contributed by atoms with Gasteiger partial charge in [-0.05, 0) is 62.3 Å². The number of ether oxygens (including phenoxy) is 1. The maximum Gasteiger partial charge on any atom is 0.306 e. The van der Waals surface area contributed by atoms with Crippen LogP contribution in [0.5, 0.6) is 0 Å². The summed E-state index contributed by atoms with van der Waals surface area (Å²) in [5, 5.41) is 0. The van der Waals surface area contributed by atoms with Crippen molar-refractivity contribution >= 4 is 5.97 Å². The molecule has 0 aromatic heterocycles. The summed E-state index contributed by atoms with van der Waals surface area (Å²) < 4.78 is 5.03. The highest BCUT2D eigenvalue weighted by Gasteiger charge is 2.22. The van der Waals surface area contributed by atoms with Crippen LogP contribution in [0, 0.1) is 11.8 Å².